The molecule has 1 atom stereocenters. The second-order valence-corrected chi connectivity index (χ2v) is 8.86. The normalized spacial score (nSPS) is 18.4. The van der Waals surface area contributed by atoms with Crippen molar-refractivity contribution < 1.29 is 17.9 Å². The Morgan fingerprint density at radius 1 is 1.52 bits per heavy atom. The molecule has 1 N–H and O–H groups in total. The molecule has 1 aliphatic rings. The first-order valence-electron chi connectivity index (χ1n) is 7.88. The van der Waals surface area contributed by atoms with Crippen molar-refractivity contribution in [3.8, 4) is 0 Å². The first-order chi connectivity index (χ1) is 11.0. The summed E-state index contributed by atoms with van der Waals surface area (Å²) in [6.45, 7) is 1.77. The van der Waals surface area contributed by atoms with Gasteiger partial charge in [0.15, 0.2) is 0 Å². The van der Waals surface area contributed by atoms with Crippen LogP contribution < -0.4 is 5.32 Å². The van der Waals surface area contributed by atoms with Gasteiger partial charge in [0.25, 0.3) is 10.0 Å². The molecule has 1 amide bonds. The van der Waals surface area contributed by atoms with E-state index in [2.05, 4.69) is 5.32 Å². The maximum atomic E-state index is 12.2. The zero-order valence-corrected chi connectivity index (χ0v) is 15.0. The van der Waals surface area contributed by atoms with Crippen LogP contribution >= 0.6 is 11.3 Å². The average Bonchev–Trinajstić information content (AvgIpc) is 3.20. The summed E-state index contributed by atoms with van der Waals surface area (Å²) in [4.78, 5) is 11.8. The van der Waals surface area contributed by atoms with Crippen molar-refractivity contribution in [3.63, 3.8) is 0 Å². The van der Waals surface area contributed by atoms with Crippen LogP contribution in [0.3, 0.4) is 0 Å². The molecule has 6 nitrogen and oxygen atoms in total. The summed E-state index contributed by atoms with van der Waals surface area (Å²) in [7, 11) is -1.87. The van der Waals surface area contributed by atoms with Crippen molar-refractivity contribution in [2.75, 3.05) is 26.7 Å². The third-order valence-corrected chi connectivity index (χ3v) is 7.08. The van der Waals surface area contributed by atoms with Crippen LogP contribution in [0.25, 0.3) is 0 Å². The molecule has 0 aliphatic carbocycles. The van der Waals surface area contributed by atoms with Gasteiger partial charge in [0.1, 0.15) is 4.21 Å². The van der Waals surface area contributed by atoms with Crippen LogP contribution in [0.1, 0.15) is 32.1 Å². The maximum absolute atomic E-state index is 12.2. The fourth-order valence-electron chi connectivity index (χ4n) is 2.48. The molecule has 0 bridgehead atoms. The predicted octanol–water partition coefficient (Wildman–Crippen LogP) is 1.83. The first kappa shape index (κ1) is 18.4. The molecule has 130 valence electrons. The van der Waals surface area contributed by atoms with Gasteiger partial charge in [0, 0.05) is 33.2 Å². The lowest BCUT2D eigenvalue weighted by molar-refractivity contribution is -0.121. The number of thiophene rings is 1. The molecule has 0 unspecified atom stereocenters. The molecule has 1 aliphatic heterocycles. The summed E-state index contributed by atoms with van der Waals surface area (Å²) in [6.07, 6.45) is 4.13. The Morgan fingerprint density at radius 3 is 3.00 bits per heavy atom. The minimum atomic E-state index is -3.42. The molecule has 1 aromatic heterocycles. The summed E-state index contributed by atoms with van der Waals surface area (Å²) in [5, 5.41) is 4.60. The minimum absolute atomic E-state index is 0.0371. The molecule has 0 spiro atoms. The summed E-state index contributed by atoms with van der Waals surface area (Å²) in [5.74, 6) is -0.0371. The van der Waals surface area contributed by atoms with Crippen molar-refractivity contribution in [1.29, 1.82) is 0 Å². The quantitative estimate of drug-likeness (QED) is 0.729. The van der Waals surface area contributed by atoms with Gasteiger partial charge in [-0.1, -0.05) is 6.07 Å². The Balaban J connectivity index is 1.63. The van der Waals surface area contributed by atoms with Gasteiger partial charge in [0.2, 0.25) is 5.91 Å². The van der Waals surface area contributed by atoms with Crippen LogP contribution in [-0.2, 0) is 19.6 Å². The van der Waals surface area contributed by atoms with Crippen LogP contribution in [0.15, 0.2) is 21.7 Å². The SMILES string of the molecule is CN(CCCC(=O)NCC[C@H]1CCCO1)S(=O)(=O)c1cccs1. The van der Waals surface area contributed by atoms with Gasteiger partial charge in [-0.05, 0) is 37.1 Å². The van der Waals surface area contributed by atoms with Crippen molar-refractivity contribution >= 4 is 27.3 Å². The monoisotopic (exact) mass is 360 g/mol. The van der Waals surface area contributed by atoms with Crippen LogP contribution in [0.5, 0.6) is 0 Å². The Kier molecular flexibility index (Phi) is 7.01. The van der Waals surface area contributed by atoms with E-state index in [9.17, 15) is 13.2 Å². The molecule has 8 heteroatoms. The Hall–Kier alpha value is -0.960. The molecule has 0 saturated carbocycles. The van der Waals surface area contributed by atoms with E-state index in [0.717, 1.165) is 25.9 Å². The van der Waals surface area contributed by atoms with Crippen LogP contribution in [-0.4, -0.2) is 51.5 Å². The van der Waals surface area contributed by atoms with E-state index in [1.807, 2.05) is 0 Å². The van der Waals surface area contributed by atoms with E-state index in [4.69, 9.17) is 4.74 Å². The fourth-order valence-corrected chi connectivity index (χ4v) is 4.89. The standard InChI is InChI=1S/C15H24N2O4S2/c1-17(23(19,20)15-7-4-12-22-15)10-2-6-14(18)16-9-8-13-5-3-11-21-13/h4,7,12-13H,2-3,5-6,8-11H2,1H3,(H,16,18)/t13-/m1/s1. The van der Waals surface area contributed by atoms with Gasteiger partial charge < -0.3 is 10.1 Å². The van der Waals surface area contributed by atoms with Gasteiger partial charge in [-0.3, -0.25) is 4.79 Å². The number of hydrogen-bond acceptors (Lipinski definition) is 5. The van der Waals surface area contributed by atoms with Crippen molar-refractivity contribution in [2.24, 2.45) is 0 Å². The smallest absolute Gasteiger partial charge is 0.252 e. The largest absolute Gasteiger partial charge is 0.378 e. The number of nitrogens with one attached hydrogen (secondary N) is 1. The zero-order valence-electron chi connectivity index (χ0n) is 13.4. The first-order valence-corrected chi connectivity index (χ1v) is 10.2. The van der Waals surface area contributed by atoms with Crippen LogP contribution in [0.2, 0.25) is 0 Å². The molecule has 0 aromatic carbocycles. The van der Waals surface area contributed by atoms with E-state index < -0.39 is 10.0 Å². The zero-order chi connectivity index (χ0) is 16.7. The number of ether oxygens (including phenoxy) is 1. The van der Waals surface area contributed by atoms with Gasteiger partial charge in [-0.15, -0.1) is 11.3 Å². The van der Waals surface area contributed by atoms with E-state index in [0.29, 0.717) is 30.1 Å². The molecule has 0 radical (unpaired) electrons. The molecule has 23 heavy (non-hydrogen) atoms. The molecule has 1 aromatic rings. The minimum Gasteiger partial charge on any atom is -0.378 e. The van der Waals surface area contributed by atoms with Crippen molar-refractivity contribution in [2.45, 2.75) is 42.4 Å². The highest BCUT2D eigenvalue weighted by molar-refractivity contribution is 7.91. The molecule has 2 rings (SSSR count). The van der Waals surface area contributed by atoms with Gasteiger partial charge in [0.05, 0.1) is 6.10 Å². The Labute approximate surface area is 141 Å². The van der Waals surface area contributed by atoms with E-state index in [1.165, 1.54) is 15.6 Å². The average molecular weight is 361 g/mol. The number of carbonyl (C=O) groups excluding carboxylic acids is 1. The molecular formula is C15H24N2O4S2. The van der Waals surface area contributed by atoms with Crippen molar-refractivity contribution in [3.05, 3.63) is 17.5 Å². The lowest BCUT2D eigenvalue weighted by Crippen LogP contribution is -2.30. The number of hydrogen-bond donors (Lipinski definition) is 1. The highest BCUT2D eigenvalue weighted by Crippen LogP contribution is 2.20. The third-order valence-electron chi connectivity index (χ3n) is 3.85. The van der Waals surface area contributed by atoms with Gasteiger partial charge >= 0.3 is 0 Å². The Morgan fingerprint density at radius 2 is 2.35 bits per heavy atom. The number of nitrogens with zero attached hydrogens (tertiary/aromatic N) is 1. The lowest BCUT2D eigenvalue weighted by Gasteiger charge is -2.15. The van der Waals surface area contributed by atoms with Gasteiger partial charge in [-0.25, -0.2) is 12.7 Å². The molecule has 2 heterocycles. The summed E-state index contributed by atoms with van der Waals surface area (Å²) >= 11 is 1.20. The predicted molar refractivity (Wildman–Crippen MR) is 90.0 cm³/mol. The molecule has 1 saturated heterocycles. The highest BCUT2D eigenvalue weighted by atomic mass is 32.2. The summed E-state index contributed by atoms with van der Waals surface area (Å²) in [6, 6.07) is 3.31. The second kappa shape index (κ2) is 8.77. The number of sulfonamides is 1. The fraction of sp³-hybridized carbons (Fsp3) is 0.667. The second-order valence-electron chi connectivity index (χ2n) is 5.64. The molecule has 1 fully saturated rings. The summed E-state index contributed by atoms with van der Waals surface area (Å²) < 4.78 is 31.6. The number of carbonyl (C=O) groups is 1. The Bertz CT molecular complexity index is 581. The maximum Gasteiger partial charge on any atom is 0.252 e. The van der Waals surface area contributed by atoms with E-state index in [1.54, 1.807) is 24.6 Å². The number of rotatable bonds is 9. The van der Waals surface area contributed by atoms with Gasteiger partial charge in [-0.2, -0.15) is 0 Å². The number of amides is 1. The topological polar surface area (TPSA) is 75.7 Å². The van der Waals surface area contributed by atoms with Crippen LogP contribution in [0.4, 0.5) is 0 Å². The lowest BCUT2D eigenvalue weighted by atomic mass is 10.2. The van der Waals surface area contributed by atoms with Crippen molar-refractivity contribution in [1.82, 2.24) is 9.62 Å². The third kappa shape index (κ3) is 5.56. The van der Waals surface area contributed by atoms with Crippen LogP contribution in [0, 0.1) is 0 Å². The highest BCUT2D eigenvalue weighted by Gasteiger charge is 2.21. The summed E-state index contributed by atoms with van der Waals surface area (Å²) in [5.41, 5.74) is 0. The van der Waals surface area contributed by atoms with E-state index >= 15 is 0 Å². The molecular weight excluding hydrogens is 336 g/mol. The van der Waals surface area contributed by atoms with E-state index in [-0.39, 0.29) is 12.0 Å².